The summed E-state index contributed by atoms with van der Waals surface area (Å²) in [7, 11) is -3.88. The maximum Gasteiger partial charge on any atom is 0.244 e. The van der Waals surface area contributed by atoms with Crippen LogP contribution in [0.4, 0.5) is 5.69 Å². The Hall–Kier alpha value is -4.63. The molecule has 4 aromatic rings. The van der Waals surface area contributed by atoms with E-state index in [2.05, 4.69) is 5.32 Å². The molecule has 0 aromatic heterocycles. The Morgan fingerprint density at radius 3 is 2.07 bits per heavy atom. The van der Waals surface area contributed by atoms with Crippen LogP contribution in [0.2, 0.25) is 0 Å². The van der Waals surface area contributed by atoms with Gasteiger partial charge in [0.1, 0.15) is 24.1 Å². The Kier molecular flexibility index (Phi) is 10.8. The van der Waals surface area contributed by atoms with Gasteiger partial charge in [-0.15, -0.1) is 0 Å². The summed E-state index contributed by atoms with van der Waals surface area (Å²) in [6, 6.07) is 32.4. The molecule has 0 heterocycles. The van der Waals surface area contributed by atoms with Gasteiger partial charge in [-0.3, -0.25) is 13.9 Å². The van der Waals surface area contributed by atoms with Crippen LogP contribution in [-0.2, 0) is 32.6 Å². The first kappa shape index (κ1) is 32.8. The van der Waals surface area contributed by atoms with Crippen molar-refractivity contribution in [2.75, 3.05) is 17.1 Å². The summed E-state index contributed by atoms with van der Waals surface area (Å²) in [5.74, 6) is 0.476. The zero-order valence-corrected chi connectivity index (χ0v) is 27.2. The molecule has 0 spiro atoms. The Morgan fingerprint density at radius 2 is 1.43 bits per heavy atom. The number of anilines is 1. The van der Waals surface area contributed by atoms with Crippen molar-refractivity contribution < 1.29 is 22.7 Å². The molecule has 1 fully saturated rings. The van der Waals surface area contributed by atoms with Crippen molar-refractivity contribution in [3.05, 3.63) is 126 Å². The van der Waals surface area contributed by atoms with Gasteiger partial charge in [0.15, 0.2) is 0 Å². The SMILES string of the molecule is Cc1cccc(CN(C(=O)CN(c2ccc(Oc3ccccc3)cc2)S(C)(=O)=O)C(Cc2ccccc2)C(=O)NC2CCCC2)c1. The van der Waals surface area contributed by atoms with Crippen LogP contribution in [0.15, 0.2) is 109 Å². The summed E-state index contributed by atoms with van der Waals surface area (Å²) in [6.45, 7) is 1.66. The lowest BCUT2D eigenvalue weighted by molar-refractivity contribution is -0.140. The normalized spacial score (nSPS) is 14.0. The van der Waals surface area contributed by atoms with E-state index < -0.39 is 28.5 Å². The molecular formula is C37H41N3O5S. The third-order valence-corrected chi connectivity index (χ3v) is 9.33. The molecule has 240 valence electrons. The molecule has 46 heavy (non-hydrogen) atoms. The number of aryl methyl sites for hydroxylation is 1. The number of hydrogen-bond donors (Lipinski definition) is 1. The topological polar surface area (TPSA) is 96.0 Å². The largest absolute Gasteiger partial charge is 0.457 e. The minimum atomic E-state index is -3.88. The lowest BCUT2D eigenvalue weighted by atomic mass is 10.0. The van der Waals surface area contributed by atoms with Crippen molar-refractivity contribution in [1.29, 1.82) is 0 Å². The van der Waals surface area contributed by atoms with Crippen molar-refractivity contribution >= 4 is 27.5 Å². The van der Waals surface area contributed by atoms with Gasteiger partial charge in [0, 0.05) is 19.0 Å². The second kappa shape index (κ2) is 15.1. The van der Waals surface area contributed by atoms with Crippen LogP contribution >= 0.6 is 0 Å². The lowest BCUT2D eigenvalue weighted by Crippen LogP contribution is -2.54. The summed E-state index contributed by atoms with van der Waals surface area (Å²) in [4.78, 5) is 29.9. The van der Waals surface area contributed by atoms with E-state index in [-0.39, 0.29) is 18.5 Å². The molecule has 0 bridgehead atoms. The molecular weight excluding hydrogens is 598 g/mol. The van der Waals surface area contributed by atoms with Gasteiger partial charge in [-0.2, -0.15) is 0 Å². The number of nitrogens with zero attached hydrogens (tertiary/aromatic N) is 2. The predicted octanol–water partition coefficient (Wildman–Crippen LogP) is 6.25. The Bertz CT molecular complexity index is 1710. The number of para-hydroxylation sites is 1. The van der Waals surface area contributed by atoms with E-state index in [1.54, 1.807) is 24.3 Å². The van der Waals surface area contributed by atoms with Crippen molar-refractivity contribution in [2.45, 2.75) is 57.7 Å². The number of benzene rings is 4. The van der Waals surface area contributed by atoms with Crippen LogP contribution in [0.3, 0.4) is 0 Å². The summed E-state index contributed by atoms with van der Waals surface area (Å²) in [6.07, 6.45) is 5.29. The summed E-state index contributed by atoms with van der Waals surface area (Å²) < 4.78 is 33.2. The van der Waals surface area contributed by atoms with E-state index in [0.717, 1.165) is 52.9 Å². The smallest absolute Gasteiger partial charge is 0.244 e. The first-order chi connectivity index (χ1) is 22.2. The molecule has 0 saturated heterocycles. The highest BCUT2D eigenvalue weighted by Gasteiger charge is 2.34. The lowest BCUT2D eigenvalue weighted by Gasteiger charge is -2.34. The van der Waals surface area contributed by atoms with Gasteiger partial charge in [0.2, 0.25) is 21.8 Å². The van der Waals surface area contributed by atoms with Gasteiger partial charge >= 0.3 is 0 Å². The first-order valence-electron chi connectivity index (χ1n) is 15.7. The van der Waals surface area contributed by atoms with E-state index >= 15 is 0 Å². The van der Waals surface area contributed by atoms with Gasteiger partial charge < -0.3 is 15.0 Å². The molecule has 1 aliphatic carbocycles. The van der Waals surface area contributed by atoms with E-state index in [1.165, 1.54) is 4.90 Å². The maximum absolute atomic E-state index is 14.4. The zero-order chi connectivity index (χ0) is 32.5. The summed E-state index contributed by atoms with van der Waals surface area (Å²) in [5.41, 5.74) is 3.11. The number of nitrogens with one attached hydrogen (secondary N) is 1. The molecule has 4 aromatic carbocycles. The number of hydrogen-bond acceptors (Lipinski definition) is 5. The minimum Gasteiger partial charge on any atom is -0.457 e. The summed E-state index contributed by atoms with van der Waals surface area (Å²) >= 11 is 0. The second-order valence-corrected chi connectivity index (χ2v) is 13.8. The predicted molar refractivity (Wildman–Crippen MR) is 181 cm³/mol. The van der Waals surface area contributed by atoms with Crippen LogP contribution in [0, 0.1) is 6.92 Å². The molecule has 8 nitrogen and oxygen atoms in total. The van der Waals surface area contributed by atoms with Gasteiger partial charge in [0.25, 0.3) is 0 Å². The fraction of sp³-hybridized carbons (Fsp3) is 0.297. The number of carbonyl (C=O) groups is 2. The summed E-state index contributed by atoms with van der Waals surface area (Å²) in [5, 5.41) is 3.19. The highest BCUT2D eigenvalue weighted by Crippen LogP contribution is 2.26. The van der Waals surface area contributed by atoms with E-state index in [4.69, 9.17) is 4.74 Å². The molecule has 2 amide bonds. The highest BCUT2D eigenvalue weighted by atomic mass is 32.2. The molecule has 1 saturated carbocycles. The van der Waals surface area contributed by atoms with Crippen molar-refractivity contribution in [3.63, 3.8) is 0 Å². The van der Waals surface area contributed by atoms with E-state index in [1.807, 2.05) is 91.9 Å². The van der Waals surface area contributed by atoms with Gasteiger partial charge in [-0.05, 0) is 67.3 Å². The van der Waals surface area contributed by atoms with Crippen molar-refractivity contribution in [3.8, 4) is 11.5 Å². The Labute approximate surface area is 272 Å². The maximum atomic E-state index is 14.4. The van der Waals surface area contributed by atoms with E-state index in [0.29, 0.717) is 23.6 Å². The number of carbonyl (C=O) groups excluding carboxylic acids is 2. The second-order valence-electron chi connectivity index (χ2n) is 11.9. The first-order valence-corrected chi connectivity index (χ1v) is 17.5. The standard InChI is InChI=1S/C37H41N3O5S/c1-28-12-11-15-30(24-28)26-39(35(25-29-13-5-3-6-14-29)37(42)38-31-16-9-10-17-31)36(41)27-40(46(2,43)44)32-20-22-34(23-21-32)45-33-18-7-4-8-19-33/h3-8,11-15,18-24,31,35H,9-10,16-17,25-27H2,1-2H3,(H,38,42). The Balaban J connectivity index is 1.46. The number of ether oxygens (including phenoxy) is 1. The fourth-order valence-corrected chi connectivity index (χ4v) is 6.70. The average Bonchev–Trinajstić information content (AvgIpc) is 3.55. The van der Waals surface area contributed by atoms with Gasteiger partial charge in [0.05, 0.1) is 11.9 Å². The number of amides is 2. The monoisotopic (exact) mass is 639 g/mol. The molecule has 5 rings (SSSR count). The quantitative estimate of drug-likeness (QED) is 0.187. The average molecular weight is 640 g/mol. The molecule has 1 unspecified atom stereocenters. The third-order valence-electron chi connectivity index (χ3n) is 8.19. The van der Waals surface area contributed by atoms with Crippen LogP contribution in [0.25, 0.3) is 0 Å². The highest BCUT2D eigenvalue weighted by molar-refractivity contribution is 7.92. The zero-order valence-electron chi connectivity index (χ0n) is 26.3. The minimum absolute atomic E-state index is 0.0610. The van der Waals surface area contributed by atoms with Crippen molar-refractivity contribution in [1.82, 2.24) is 10.2 Å². The fourth-order valence-electron chi connectivity index (χ4n) is 5.85. The molecule has 1 aliphatic rings. The Morgan fingerprint density at radius 1 is 0.826 bits per heavy atom. The third kappa shape index (κ3) is 8.97. The molecule has 9 heteroatoms. The molecule has 1 N–H and O–H groups in total. The molecule has 0 aliphatic heterocycles. The van der Waals surface area contributed by atoms with Crippen LogP contribution in [-0.4, -0.2) is 50.0 Å². The number of sulfonamides is 1. The van der Waals surface area contributed by atoms with Gasteiger partial charge in [-0.25, -0.2) is 8.42 Å². The van der Waals surface area contributed by atoms with Crippen LogP contribution in [0.5, 0.6) is 11.5 Å². The molecule has 0 radical (unpaired) electrons. The van der Waals surface area contributed by atoms with Crippen LogP contribution in [0.1, 0.15) is 42.4 Å². The van der Waals surface area contributed by atoms with Gasteiger partial charge in [-0.1, -0.05) is 91.2 Å². The van der Waals surface area contributed by atoms with Crippen molar-refractivity contribution in [2.24, 2.45) is 0 Å². The molecule has 1 atom stereocenters. The van der Waals surface area contributed by atoms with E-state index in [9.17, 15) is 18.0 Å². The number of rotatable bonds is 13. The van der Waals surface area contributed by atoms with Crippen LogP contribution < -0.4 is 14.4 Å².